The zero-order valence-electron chi connectivity index (χ0n) is 10.1. The molecule has 3 rings (SSSR count). The molecular formula is C14H8BrNO2S2. The molecule has 6 heteroatoms. The lowest BCUT2D eigenvalue weighted by atomic mass is 10.3. The quantitative estimate of drug-likeness (QED) is 0.548. The van der Waals surface area contributed by atoms with Crippen molar-refractivity contribution in [2.24, 2.45) is 0 Å². The predicted octanol–water partition coefficient (Wildman–Crippen LogP) is 5.08. The molecule has 2 heterocycles. The molecule has 1 fully saturated rings. The highest BCUT2D eigenvalue weighted by atomic mass is 79.9. The summed E-state index contributed by atoms with van der Waals surface area (Å²) in [6.07, 6.45) is 3.37. The van der Waals surface area contributed by atoms with Crippen molar-refractivity contribution in [3.63, 3.8) is 0 Å². The van der Waals surface area contributed by atoms with Crippen LogP contribution in [0.1, 0.15) is 5.76 Å². The van der Waals surface area contributed by atoms with Gasteiger partial charge in [0.05, 0.1) is 16.9 Å². The number of thiocarbonyl (C=S) groups is 1. The smallest absolute Gasteiger partial charge is 0.296 e. The lowest BCUT2D eigenvalue weighted by Crippen LogP contribution is -2.26. The molecule has 1 aliphatic rings. The zero-order chi connectivity index (χ0) is 14.1. The van der Waals surface area contributed by atoms with E-state index in [0.29, 0.717) is 10.7 Å². The van der Waals surface area contributed by atoms with E-state index in [1.54, 1.807) is 18.4 Å². The molecule has 3 nitrogen and oxygen atoms in total. The van der Waals surface area contributed by atoms with E-state index in [2.05, 4.69) is 15.9 Å². The van der Waals surface area contributed by atoms with E-state index < -0.39 is 0 Å². The van der Waals surface area contributed by atoms with E-state index in [1.807, 2.05) is 30.3 Å². The molecule has 20 heavy (non-hydrogen) atoms. The van der Waals surface area contributed by atoms with E-state index in [0.717, 1.165) is 26.8 Å². The number of anilines is 1. The molecule has 0 aliphatic carbocycles. The van der Waals surface area contributed by atoms with Crippen LogP contribution in [0.15, 0.2) is 56.5 Å². The summed E-state index contributed by atoms with van der Waals surface area (Å²) in [6.45, 7) is 0. The summed E-state index contributed by atoms with van der Waals surface area (Å²) in [5.74, 6) is 0.679. The maximum Gasteiger partial charge on any atom is 0.296 e. The van der Waals surface area contributed by atoms with Crippen molar-refractivity contribution in [2.45, 2.75) is 0 Å². The summed E-state index contributed by atoms with van der Waals surface area (Å²) >= 11 is 9.90. The number of furan rings is 1. The molecule has 0 atom stereocenters. The molecule has 0 radical (unpaired) electrons. The standard InChI is InChI=1S/C14H8BrNO2S2/c15-9-3-1-4-10(7-9)16-13(19)12(20-14(16)17)8-11-5-2-6-18-11/h1-8H/b12-8-. The molecule has 1 amide bonds. The number of carbonyl (C=O) groups excluding carboxylic acids is 1. The molecule has 0 spiro atoms. The molecule has 1 aliphatic heterocycles. The summed E-state index contributed by atoms with van der Waals surface area (Å²) in [4.78, 5) is 14.9. The summed E-state index contributed by atoms with van der Waals surface area (Å²) in [7, 11) is 0. The van der Waals surface area contributed by atoms with E-state index in [-0.39, 0.29) is 5.24 Å². The fourth-order valence-electron chi connectivity index (χ4n) is 1.81. The second kappa shape index (κ2) is 5.55. The minimum atomic E-state index is -0.106. The second-order valence-electron chi connectivity index (χ2n) is 4.01. The Hall–Kier alpha value is -1.37. The maximum atomic E-state index is 12.1. The number of halogens is 1. The van der Waals surface area contributed by atoms with Crippen molar-refractivity contribution >= 4 is 61.9 Å². The molecule has 100 valence electrons. The monoisotopic (exact) mass is 365 g/mol. The highest BCUT2D eigenvalue weighted by molar-refractivity contribution is 9.10. The number of carbonyl (C=O) groups is 1. The van der Waals surface area contributed by atoms with Crippen LogP contribution in [-0.2, 0) is 0 Å². The summed E-state index contributed by atoms with van der Waals surface area (Å²) in [5, 5.41) is -0.106. The van der Waals surface area contributed by atoms with Crippen molar-refractivity contribution in [3.05, 3.63) is 57.8 Å². The Balaban J connectivity index is 1.95. The first-order valence-electron chi connectivity index (χ1n) is 5.72. The van der Waals surface area contributed by atoms with Gasteiger partial charge in [0.25, 0.3) is 5.24 Å². The van der Waals surface area contributed by atoms with Gasteiger partial charge in [-0.15, -0.1) is 0 Å². The van der Waals surface area contributed by atoms with Gasteiger partial charge in [-0.2, -0.15) is 0 Å². The highest BCUT2D eigenvalue weighted by Crippen LogP contribution is 2.37. The van der Waals surface area contributed by atoms with Gasteiger partial charge in [-0.3, -0.25) is 9.69 Å². The number of hydrogen-bond acceptors (Lipinski definition) is 4. The Labute approximate surface area is 133 Å². The van der Waals surface area contributed by atoms with Crippen molar-refractivity contribution < 1.29 is 9.21 Å². The van der Waals surface area contributed by atoms with Crippen LogP contribution in [0.4, 0.5) is 10.5 Å². The van der Waals surface area contributed by atoms with Crippen molar-refractivity contribution in [1.29, 1.82) is 0 Å². The Morgan fingerprint density at radius 3 is 2.85 bits per heavy atom. The van der Waals surface area contributed by atoms with Crippen LogP contribution in [0.2, 0.25) is 0 Å². The van der Waals surface area contributed by atoms with E-state index in [9.17, 15) is 4.79 Å². The van der Waals surface area contributed by atoms with Crippen LogP contribution in [-0.4, -0.2) is 10.2 Å². The number of rotatable bonds is 2. The maximum absolute atomic E-state index is 12.1. The normalized spacial score (nSPS) is 17.2. The first-order valence-corrected chi connectivity index (χ1v) is 7.74. The van der Waals surface area contributed by atoms with Gasteiger partial charge < -0.3 is 4.42 Å². The lowest BCUT2D eigenvalue weighted by Gasteiger charge is -2.14. The van der Waals surface area contributed by atoms with Crippen LogP contribution in [0.25, 0.3) is 6.08 Å². The second-order valence-corrected chi connectivity index (χ2v) is 6.31. The number of benzene rings is 1. The Morgan fingerprint density at radius 2 is 2.15 bits per heavy atom. The van der Waals surface area contributed by atoms with Crippen LogP contribution >= 0.6 is 39.9 Å². The van der Waals surface area contributed by atoms with Crippen LogP contribution in [0, 0.1) is 0 Å². The number of nitrogens with zero attached hydrogens (tertiary/aromatic N) is 1. The van der Waals surface area contributed by atoms with E-state index in [4.69, 9.17) is 16.6 Å². The summed E-state index contributed by atoms with van der Waals surface area (Å²) in [6, 6.07) is 11.1. The van der Waals surface area contributed by atoms with Crippen LogP contribution in [0.5, 0.6) is 0 Å². The Bertz CT molecular complexity index is 710. The van der Waals surface area contributed by atoms with Gasteiger partial charge in [0.2, 0.25) is 0 Å². The van der Waals surface area contributed by atoms with Gasteiger partial charge in [0, 0.05) is 4.47 Å². The molecule has 1 aromatic heterocycles. The number of thioether (sulfide) groups is 1. The third-order valence-corrected chi connectivity index (χ3v) is 4.59. The molecule has 0 N–H and O–H groups in total. The topological polar surface area (TPSA) is 33.5 Å². The van der Waals surface area contributed by atoms with Crippen LogP contribution < -0.4 is 4.90 Å². The first kappa shape index (κ1) is 13.6. The first-order chi connectivity index (χ1) is 9.65. The lowest BCUT2D eigenvalue weighted by molar-refractivity contribution is 0.268. The SMILES string of the molecule is O=C1S/C(=C\c2ccco2)C(=S)N1c1cccc(Br)c1. The molecule has 0 bridgehead atoms. The molecule has 1 aromatic carbocycles. The molecule has 1 saturated heterocycles. The van der Waals surface area contributed by atoms with Crippen LogP contribution in [0.3, 0.4) is 0 Å². The average Bonchev–Trinajstić information content (AvgIpc) is 2.99. The summed E-state index contributed by atoms with van der Waals surface area (Å²) < 4.78 is 6.15. The Kier molecular flexibility index (Phi) is 3.78. The molecule has 0 unspecified atom stereocenters. The average molecular weight is 366 g/mol. The number of hydrogen-bond donors (Lipinski definition) is 0. The van der Waals surface area contributed by atoms with Gasteiger partial charge in [-0.05, 0) is 48.2 Å². The van der Waals surface area contributed by atoms with Crippen molar-refractivity contribution in [2.75, 3.05) is 4.90 Å². The highest BCUT2D eigenvalue weighted by Gasteiger charge is 2.33. The van der Waals surface area contributed by atoms with Gasteiger partial charge in [0.15, 0.2) is 0 Å². The number of amides is 1. The predicted molar refractivity (Wildman–Crippen MR) is 88.9 cm³/mol. The third-order valence-electron chi connectivity index (χ3n) is 2.68. The minimum Gasteiger partial charge on any atom is -0.465 e. The van der Waals surface area contributed by atoms with Gasteiger partial charge in [-0.25, -0.2) is 0 Å². The summed E-state index contributed by atoms with van der Waals surface area (Å²) in [5.41, 5.74) is 0.754. The van der Waals surface area contributed by atoms with Crippen molar-refractivity contribution in [3.8, 4) is 0 Å². The van der Waals surface area contributed by atoms with Gasteiger partial charge in [-0.1, -0.05) is 34.2 Å². The molecular weight excluding hydrogens is 358 g/mol. The van der Waals surface area contributed by atoms with E-state index >= 15 is 0 Å². The fraction of sp³-hybridized carbons (Fsp3) is 0. The van der Waals surface area contributed by atoms with E-state index in [1.165, 1.54) is 4.90 Å². The van der Waals surface area contributed by atoms with Crippen molar-refractivity contribution in [1.82, 2.24) is 0 Å². The van der Waals surface area contributed by atoms with Gasteiger partial charge >= 0.3 is 0 Å². The zero-order valence-corrected chi connectivity index (χ0v) is 13.3. The fourth-order valence-corrected chi connectivity index (χ4v) is 3.46. The molecule has 2 aromatic rings. The minimum absolute atomic E-state index is 0.106. The van der Waals surface area contributed by atoms with Gasteiger partial charge in [0.1, 0.15) is 10.7 Å². The Morgan fingerprint density at radius 1 is 1.30 bits per heavy atom. The third kappa shape index (κ3) is 2.59. The largest absolute Gasteiger partial charge is 0.465 e. The molecule has 0 saturated carbocycles.